The molecule has 2 aromatic rings. The highest BCUT2D eigenvalue weighted by atomic mass is 16.2. The van der Waals surface area contributed by atoms with Gasteiger partial charge in [0.1, 0.15) is 6.04 Å². The van der Waals surface area contributed by atoms with Crippen LogP contribution in [0.3, 0.4) is 0 Å². The smallest absolute Gasteiger partial charge is 0.257 e. The summed E-state index contributed by atoms with van der Waals surface area (Å²) >= 11 is 0. The molecule has 6 heteroatoms. The molecule has 3 amide bonds. The topological polar surface area (TPSA) is 70.6 Å². The van der Waals surface area contributed by atoms with Crippen LogP contribution in [-0.4, -0.2) is 33.6 Å². The summed E-state index contributed by atoms with van der Waals surface area (Å²) in [5.41, 5.74) is 2.24. The third-order valence-corrected chi connectivity index (χ3v) is 9.15. The monoisotopic (exact) mass is 485 g/mol. The van der Waals surface area contributed by atoms with Crippen molar-refractivity contribution < 1.29 is 14.4 Å². The molecule has 1 aromatic carbocycles. The SMILES string of the molecule is CC(C)c1ccc(N2C(=O)CC(N(Cc3cccnc3)C(=O)C34CC5CC(CC(C5)C3)C4)C2=O)cc1. The number of carbonyl (C=O) groups is 3. The fourth-order valence-electron chi connectivity index (χ4n) is 7.83. The molecule has 1 aromatic heterocycles. The Balaban J connectivity index is 1.32. The summed E-state index contributed by atoms with van der Waals surface area (Å²) in [4.78, 5) is 48.7. The van der Waals surface area contributed by atoms with Crippen LogP contribution in [0, 0.1) is 23.2 Å². The highest BCUT2D eigenvalue weighted by Crippen LogP contribution is 2.60. The van der Waals surface area contributed by atoms with Gasteiger partial charge in [0.25, 0.3) is 5.91 Å². The first-order valence-corrected chi connectivity index (χ1v) is 13.5. The fourth-order valence-corrected chi connectivity index (χ4v) is 7.83. The third-order valence-electron chi connectivity index (χ3n) is 9.15. The van der Waals surface area contributed by atoms with Crippen molar-refractivity contribution in [1.29, 1.82) is 0 Å². The van der Waals surface area contributed by atoms with Crippen molar-refractivity contribution in [2.45, 2.75) is 77.3 Å². The van der Waals surface area contributed by atoms with Crippen molar-refractivity contribution in [3.05, 3.63) is 59.9 Å². The van der Waals surface area contributed by atoms with Gasteiger partial charge < -0.3 is 4.90 Å². The predicted molar refractivity (Wildman–Crippen MR) is 137 cm³/mol. The molecule has 2 heterocycles. The molecule has 5 fully saturated rings. The summed E-state index contributed by atoms with van der Waals surface area (Å²) in [5.74, 6) is 1.78. The zero-order valence-electron chi connectivity index (χ0n) is 21.2. The molecule has 188 valence electrons. The number of imide groups is 1. The molecule has 5 aliphatic rings. The Morgan fingerprint density at radius 3 is 2.22 bits per heavy atom. The van der Waals surface area contributed by atoms with Crippen molar-refractivity contribution in [2.75, 3.05) is 4.90 Å². The molecule has 0 N–H and O–H groups in total. The van der Waals surface area contributed by atoms with E-state index in [4.69, 9.17) is 0 Å². The predicted octanol–water partition coefficient (Wildman–Crippen LogP) is 5.08. The van der Waals surface area contributed by atoms with Crippen LogP contribution in [0.5, 0.6) is 0 Å². The Bertz CT molecular complexity index is 1140. The number of aromatic nitrogens is 1. The second kappa shape index (κ2) is 8.82. The Morgan fingerprint density at radius 1 is 1.03 bits per heavy atom. The summed E-state index contributed by atoms with van der Waals surface area (Å²) < 4.78 is 0. The number of hydrogen-bond acceptors (Lipinski definition) is 4. The summed E-state index contributed by atoms with van der Waals surface area (Å²) in [7, 11) is 0. The molecule has 6 nitrogen and oxygen atoms in total. The fraction of sp³-hybridized carbons (Fsp3) is 0.533. The normalized spacial score (nSPS) is 30.9. The van der Waals surface area contributed by atoms with E-state index in [2.05, 4.69) is 18.8 Å². The van der Waals surface area contributed by atoms with Crippen molar-refractivity contribution in [3.63, 3.8) is 0 Å². The number of nitrogens with zero attached hydrogens (tertiary/aromatic N) is 3. The van der Waals surface area contributed by atoms with Crippen molar-refractivity contribution in [1.82, 2.24) is 9.88 Å². The summed E-state index contributed by atoms with van der Waals surface area (Å²) in [6.45, 7) is 4.53. The molecule has 1 atom stereocenters. The Morgan fingerprint density at radius 2 is 1.67 bits per heavy atom. The molecule has 4 bridgehead atoms. The average Bonchev–Trinajstić information content (AvgIpc) is 3.15. The van der Waals surface area contributed by atoms with Crippen molar-refractivity contribution in [2.24, 2.45) is 23.2 Å². The number of rotatable bonds is 6. The van der Waals surface area contributed by atoms with Crippen molar-refractivity contribution >= 4 is 23.4 Å². The molecule has 4 saturated carbocycles. The average molecular weight is 486 g/mol. The van der Waals surface area contributed by atoms with Crippen LogP contribution in [0.15, 0.2) is 48.8 Å². The summed E-state index contributed by atoms with van der Waals surface area (Å²) in [6, 6.07) is 10.7. The van der Waals surface area contributed by atoms with Crippen LogP contribution in [0.4, 0.5) is 5.69 Å². The molecule has 0 spiro atoms. The van der Waals surface area contributed by atoms with E-state index < -0.39 is 6.04 Å². The Kier molecular flexibility index (Phi) is 5.73. The van der Waals surface area contributed by atoms with Crippen LogP contribution < -0.4 is 4.90 Å². The lowest BCUT2D eigenvalue weighted by Crippen LogP contribution is -2.57. The first-order valence-electron chi connectivity index (χ1n) is 13.5. The molecule has 1 saturated heterocycles. The van der Waals surface area contributed by atoms with Crippen LogP contribution >= 0.6 is 0 Å². The minimum absolute atomic E-state index is 0.0309. The zero-order valence-corrected chi connectivity index (χ0v) is 21.2. The lowest BCUT2D eigenvalue weighted by atomic mass is 9.49. The van der Waals surface area contributed by atoms with Gasteiger partial charge >= 0.3 is 0 Å². The second-order valence-corrected chi connectivity index (χ2v) is 12.0. The van der Waals surface area contributed by atoms with Gasteiger partial charge in [-0.2, -0.15) is 0 Å². The number of pyridine rings is 1. The van der Waals surface area contributed by atoms with Gasteiger partial charge in [-0.3, -0.25) is 19.4 Å². The Hall–Kier alpha value is -3.02. The van der Waals surface area contributed by atoms with Crippen LogP contribution in [0.1, 0.15) is 75.8 Å². The highest BCUT2D eigenvalue weighted by molar-refractivity contribution is 6.23. The maximum absolute atomic E-state index is 14.4. The van der Waals surface area contributed by atoms with Gasteiger partial charge in [-0.1, -0.05) is 32.0 Å². The van der Waals surface area contributed by atoms with E-state index in [0.717, 1.165) is 30.4 Å². The van der Waals surface area contributed by atoms with Gasteiger partial charge in [0.2, 0.25) is 11.8 Å². The van der Waals surface area contributed by atoms with Gasteiger partial charge in [-0.15, -0.1) is 0 Å². The van der Waals surface area contributed by atoms with E-state index in [1.807, 2.05) is 36.4 Å². The Labute approximate surface area is 213 Å². The number of benzene rings is 1. The molecule has 0 radical (unpaired) electrons. The number of carbonyl (C=O) groups excluding carboxylic acids is 3. The van der Waals surface area contributed by atoms with E-state index in [1.54, 1.807) is 17.3 Å². The lowest BCUT2D eigenvalue weighted by molar-refractivity contribution is -0.162. The van der Waals surface area contributed by atoms with Gasteiger partial charge in [0.05, 0.1) is 17.5 Å². The van der Waals surface area contributed by atoms with Crippen LogP contribution in [-0.2, 0) is 20.9 Å². The minimum Gasteiger partial charge on any atom is -0.325 e. The lowest BCUT2D eigenvalue weighted by Gasteiger charge is -2.56. The largest absolute Gasteiger partial charge is 0.325 e. The van der Waals surface area contributed by atoms with E-state index >= 15 is 0 Å². The van der Waals surface area contributed by atoms with Crippen LogP contribution in [0.25, 0.3) is 0 Å². The second-order valence-electron chi connectivity index (χ2n) is 12.0. The standard InChI is InChI=1S/C30H35N3O3/c1-19(2)24-5-7-25(8-6-24)33-27(34)13-26(28(33)35)32(18-20-4-3-9-31-17-20)29(36)30-14-21-10-22(15-30)12-23(11-21)16-30/h3-9,17,19,21-23,26H,10-16,18H2,1-2H3. The van der Waals surface area contributed by atoms with Gasteiger partial charge in [0.15, 0.2) is 0 Å². The maximum atomic E-state index is 14.4. The third kappa shape index (κ3) is 3.95. The van der Waals surface area contributed by atoms with E-state index in [9.17, 15) is 14.4 Å². The molecule has 1 aliphatic heterocycles. The van der Waals surface area contributed by atoms with Gasteiger partial charge in [-0.05, 0) is 91.5 Å². The molecule has 36 heavy (non-hydrogen) atoms. The highest BCUT2D eigenvalue weighted by Gasteiger charge is 2.57. The minimum atomic E-state index is -0.775. The van der Waals surface area contributed by atoms with E-state index in [1.165, 1.54) is 24.2 Å². The van der Waals surface area contributed by atoms with E-state index in [-0.39, 0.29) is 29.6 Å². The first-order chi connectivity index (χ1) is 17.3. The van der Waals surface area contributed by atoms with Gasteiger partial charge in [-0.25, -0.2) is 4.90 Å². The number of anilines is 1. The van der Waals surface area contributed by atoms with Crippen molar-refractivity contribution in [3.8, 4) is 0 Å². The maximum Gasteiger partial charge on any atom is 0.257 e. The summed E-state index contributed by atoms with van der Waals surface area (Å²) in [5, 5.41) is 0. The van der Waals surface area contributed by atoms with E-state index in [0.29, 0.717) is 35.9 Å². The zero-order chi connectivity index (χ0) is 25.0. The van der Waals surface area contributed by atoms with Crippen LogP contribution in [0.2, 0.25) is 0 Å². The quantitative estimate of drug-likeness (QED) is 0.535. The van der Waals surface area contributed by atoms with Gasteiger partial charge in [0, 0.05) is 18.9 Å². The number of hydrogen-bond donors (Lipinski definition) is 0. The molecule has 7 rings (SSSR count). The molecule has 4 aliphatic carbocycles. The molecular weight excluding hydrogens is 450 g/mol. The number of amides is 3. The molecule has 1 unspecified atom stereocenters. The molecular formula is C30H35N3O3. The first kappa shape index (κ1) is 23.4. The summed E-state index contributed by atoms with van der Waals surface area (Å²) in [6.07, 6.45) is 10.0.